The summed E-state index contributed by atoms with van der Waals surface area (Å²) < 4.78 is 10.6. The molecule has 0 saturated heterocycles. The van der Waals surface area contributed by atoms with Crippen LogP contribution in [-0.2, 0) is 0 Å². The lowest BCUT2D eigenvalue weighted by molar-refractivity contribution is 0.0979. The predicted octanol–water partition coefficient (Wildman–Crippen LogP) is 3.85. The van der Waals surface area contributed by atoms with Crippen LogP contribution in [-0.4, -0.2) is 30.9 Å². The quantitative estimate of drug-likeness (QED) is 0.601. The zero-order valence-corrected chi connectivity index (χ0v) is 14.8. The molecule has 0 heterocycles. The van der Waals surface area contributed by atoms with E-state index in [1.807, 2.05) is 0 Å². The first kappa shape index (κ1) is 16.8. The fourth-order valence-electron chi connectivity index (χ4n) is 3.44. The summed E-state index contributed by atoms with van der Waals surface area (Å²) in [5.74, 6) is 0.423. The van der Waals surface area contributed by atoms with Gasteiger partial charge in [0, 0.05) is 22.3 Å². The standard InChI is InChI=1S/C22H16O5/c1-26-18-8-7-12(9-19(18)27-2)16-10-13(23)11-17-20(16)22(25)15-6-4-3-5-14(15)21(17)24/h3-11,23H,1-2H3. The third-order valence-electron chi connectivity index (χ3n) is 4.71. The highest BCUT2D eigenvalue weighted by molar-refractivity contribution is 6.30. The average molecular weight is 360 g/mol. The maximum Gasteiger partial charge on any atom is 0.195 e. The van der Waals surface area contributed by atoms with Crippen LogP contribution in [0.25, 0.3) is 11.1 Å². The smallest absolute Gasteiger partial charge is 0.195 e. The first-order chi connectivity index (χ1) is 13.0. The number of phenolic OH excluding ortho intramolecular Hbond substituents is 1. The Hall–Kier alpha value is -3.60. The molecule has 1 aliphatic rings. The highest BCUT2D eigenvalue weighted by Gasteiger charge is 2.32. The Morgan fingerprint density at radius 3 is 2.00 bits per heavy atom. The fraction of sp³-hybridized carbons (Fsp3) is 0.0909. The van der Waals surface area contributed by atoms with Crippen molar-refractivity contribution < 1.29 is 24.2 Å². The molecule has 5 nitrogen and oxygen atoms in total. The van der Waals surface area contributed by atoms with Crippen LogP contribution in [0, 0.1) is 0 Å². The number of hydrogen-bond donors (Lipinski definition) is 1. The van der Waals surface area contributed by atoms with E-state index in [4.69, 9.17) is 9.47 Å². The minimum Gasteiger partial charge on any atom is -0.508 e. The summed E-state index contributed by atoms with van der Waals surface area (Å²) in [5, 5.41) is 10.2. The largest absolute Gasteiger partial charge is 0.508 e. The van der Waals surface area contributed by atoms with Gasteiger partial charge in [0.2, 0.25) is 0 Å². The van der Waals surface area contributed by atoms with Gasteiger partial charge in [0.05, 0.1) is 14.2 Å². The van der Waals surface area contributed by atoms with Gasteiger partial charge >= 0.3 is 0 Å². The zero-order chi connectivity index (χ0) is 19.1. The Kier molecular flexibility index (Phi) is 3.92. The predicted molar refractivity (Wildman–Crippen MR) is 100.0 cm³/mol. The molecular weight excluding hydrogens is 344 g/mol. The van der Waals surface area contributed by atoms with Gasteiger partial charge in [-0.3, -0.25) is 9.59 Å². The zero-order valence-electron chi connectivity index (χ0n) is 14.8. The molecule has 0 spiro atoms. The molecule has 0 unspecified atom stereocenters. The van der Waals surface area contributed by atoms with Crippen molar-refractivity contribution in [3.63, 3.8) is 0 Å². The van der Waals surface area contributed by atoms with Crippen molar-refractivity contribution in [2.24, 2.45) is 0 Å². The number of ketones is 2. The van der Waals surface area contributed by atoms with Crippen LogP contribution in [0.4, 0.5) is 0 Å². The molecule has 0 radical (unpaired) electrons. The summed E-state index contributed by atoms with van der Waals surface area (Å²) in [6.07, 6.45) is 0. The number of aromatic hydroxyl groups is 1. The molecule has 1 aliphatic carbocycles. The lowest BCUT2D eigenvalue weighted by Gasteiger charge is -2.21. The fourth-order valence-corrected chi connectivity index (χ4v) is 3.44. The SMILES string of the molecule is COc1ccc(-c2cc(O)cc3c2C(=O)c2ccccc2C3=O)cc1OC. The molecule has 0 saturated carbocycles. The Morgan fingerprint density at radius 1 is 0.704 bits per heavy atom. The molecule has 0 aromatic heterocycles. The first-order valence-corrected chi connectivity index (χ1v) is 8.33. The van der Waals surface area contributed by atoms with Gasteiger partial charge in [0.15, 0.2) is 23.1 Å². The van der Waals surface area contributed by atoms with E-state index in [1.54, 1.807) is 42.5 Å². The van der Waals surface area contributed by atoms with E-state index in [2.05, 4.69) is 0 Å². The monoisotopic (exact) mass is 360 g/mol. The highest BCUT2D eigenvalue weighted by atomic mass is 16.5. The van der Waals surface area contributed by atoms with E-state index >= 15 is 0 Å². The summed E-state index contributed by atoms with van der Waals surface area (Å²) in [6.45, 7) is 0. The van der Waals surface area contributed by atoms with Crippen molar-refractivity contribution in [2.45, 2.75) is 0 Å². The Bertz CT molecular complexity index is 1100. The van der Waals surface area contributed by atoms with E-state index in [-0.39, 0.29) is 28.4 Å². The van der Waals surface area contributed by atoms with Crippen molar-refractivity contribution in [3.05, 3.63) is 76.9 Å². The highest BCUT2D eigenvalue weighted by Crippen LogP contribution is 2.39. The molecule has 1 N–H and O–H groups in total. The number of rotatable bonds is 3. The van der Waals surface area contributed by atoms with Gasteiger partial charge in [-0.1, -0.05) is 30.3 Å². The number of fused-ring (bicyclic) bond motifs is 2. The summed E-state index contributed by atoms with van der Waals surface area (Å²) in [5.41, 5.74) is 2.30. The van der Waals surface area contributed by atoms with Crippen molar-refractivity contribution in [3.8, 4) is 28.4 Å². The summed E-state index contributed by atoms with van der Waals surface area (Å²) in [4.78, 5) is 26.1. The second kappa shape index (κ2) is 6.29. The number of phenols is 1. The van der Waals surface area contributed by atoms with Crippen LogP contribution in [0.3, 0.4) is 0 Å². The maximum atomic E-state index is 13.1. The van der Waals surface area contributed by atoms with Gasteiger partial charge in [-0.25, -0.2) is 0 Å². The Balaban J connectivity index is 1.99. The second-order valence-corrected chi connectivity index (χ2v) is 6.19. The number of benzene rings is 3. The first-order valence-electron chi connectivity index (χ1n) is 8.33. The molecule has 5 heteroatoms. The van der Waals surface area contributed by atoms with Crippen LogP contribution in [0.15, 0.2) is 54.6 Å². The van der Waals surface area contributed by atoms with Crippen molar-refractivity contribution in [2.75, 3.05) is 14.2 Å². The molecule has 134 valence electrons. The third-order valence-corrected chi connectivity index (χ3v) is 4.71. The molecule has 27 heavy (non-hydrogen) atoms. The van der Waals surface area contributed by atoms with Crippen LogP contribution >= 0.6 is 0 Å². The number of hydrogen-bond acceptors (Lipinski definition) is 5. The normalized spacial score (nSPS) is 12.4. The number of carbonyl (C=O) groups excluding carboxylic acids is 2. The number of carbonyl (C=O) groups is 2. The van der Waals surface area contributed by atoms with E-state index in [9.17, 15) is 14.7 Å². The Morgan fingerprint density at radius 2 is 1.33 bits per heavy atom. The molecule has 0 amide bonds. The van der Waals surface area contributed by atoms with E-state index in [1.165, 1.54) is 26.4 Å². The minimum atomic E-state index is -0.280. The molecule has 0 aliphatic heterocycles. The van der Waals surface area contributed by atoms with E-state index in [0.29, 0.717) is 33.8 Å². The van der Waals surface area contributed by atoms with Crippen molar-refractivity contribution >= 4 is 11.6 Å². The van der Waals surface area contributed by atoms with E-state index in [0.717, 1.165) is 0 Å². The summed E-state index contributed by atoms with van der Waals surface area (Å²) in [7, 11) is 3.05. The Labute approximate surface area is 155 Å². The van der Waals surface area contributed by atoms with Gasteiger partial charge in [-0.05, 0) is 35.4 Å². The lowest BCUT2D eigenvalue weighted by Crippen LogP contribution is -2.21. The number of ether oxygens (including phenoxy) is 2. The topological polar surface area (TPSA) is 72.8 Å². The molecule has 3 aromatic carbocycles. The minimum absolute atomic E-state index is 0.0842. The van der Waals surface area contributed by atoms with Crippen molar-refractivity contribution in [1.29, 1.82) is 0 Å². The molecule has 0 bridgehead atoms. The maximum absolute atomic E-state index is 13.1. The van der Waals surface area contributed by atoms with Crippen LogP contribution in [0.5, 0.6) is 17.2 Å². The number of methoxy groups -OCH3 is 2. The molecule has 0 fully saturated rings. The van der Waals surface area contributed by atoms with Crippen LogP contribution in [0.2, 0.25) is 0 Å². The summed E-state index contributed by atoms with van der Waals surface area (Å²) in [6, 6.07) is 14.7. The third kappa shape index (κ3) is 2.56. The average Bonchev–Trinajstić information content (AvgIpc) is 2.70. The molecular formula is C22H16O5. The van der Waals surface area contributed by atoms with Gasteiger partial charge in [-0.2, -0.15) is 0 Å². The van der Waals surface area contributed by atoms with E-state index < -0.39 is 0 Å². The van der Waals surface area contributed by atoms with Crippen LogP contribution < -0.4 is 9.47 Å². The molecule has 3 aromatic rings. The van der Waals surface area contributed by atoms with Gasteiger partial charge in [-0.15, -0.1) is 0 Å². The van der Waals surface area contributed by atoms with Gasteiger partial charge in [0.25, 0.3) is 0 Å². The lowest BCUT2D eigenvalue weighted by atomic mass is 9.80. The second-order valence-electron chi connectivity index (χ2n) is 6.19. The van der Waals surface area contributed by atoms with Gasteiger partial charge < -0.3 is 14.6 Å². The van der Waals surface area contributed by atoms with Gasteiger partial charge in [0.1, 0.15) is 5.75 Å². The molecule has 0 atom stereocenters. The van der Waals surface area contributed by atoms with Crippen LogP contribution in [0.1, 0.15) is 31.8 Å². The van der Waals surface area contributed by atoms with Crippen molar-refractivity contribution in [1.82, 2.24) is 0 Å². The summed E-state index contributed by atoms with van der Waals surface area (Å²) >= 11 is 0. The molecule has 4 rings (SSSR count).